The molecule has 0 spiro atoms. The van der Waals surface area contributed by atoms with E-state index in [0.717, 1.165) is 26.1 Å². The Morgan fingerprint density at radius 3 is 2.31 bits per heavy atom. The third kappa shape index (κ3) is 5.58. The molecule has 0 amide bonds. The molecule has 0 heterocycles. The van der Waals surface area contributed by atoms with Crippen LogP contribution in [-0.4, -0.2) is 35.5 Å². The molecule has 0 saturated carbocycles. The van der Waals surface area contributed by atoms with Gasteiger partial charge in [0.05, 0.1) is 0 Å². The molecule has 0 bridgehead atoms. The lowest BCUT2D eigenvalue weighted by Gasteiger charge is -2.17. The Bertz CT molecular complexity index is 147. The third-order valence-electron chi connectivity index (χ3n) is 2.35. The quantitative estimate of drug-likeness (QED) is 0.452. The van der Waals surface area contributed by atoms with E-state index < -0.39 is 6.04 Å². The second-order valence-corrected chi connectivity index (χ2v) is 3.30. The van der Waals surface area contributed by atoms with Crippen molar-refractivity contribution in [2.45, 2.75) is 39.7 Å². The van der Waals surface area contributed by atoms with Gasteiger partial charge in [0.15, 0.2) is 0 Å². The van der Waals surface area contributed by atoms with E-state index in [2.05, 4.69) is 18.7 Å². The lowest BCUT2D eigenvalue weighted by molar-refractivity contribution is -0.519. The van der Waals surface area contributed by atoms with Crippen molar-refractivity contribution >= 4 is 0 Å². The van der Waals surface area contributed by atoms with Gasteiger partial charge in [0, 0.05) is 18.3 Å². The molecule has 4 heteroatoms. The predicted molar refractivity (Wildman–Crippen MR) is 53.5 cm³/mol. The van der Waals surface area contributed by atoms with E-state index in [0.29, 0.717) is 6.42 Å². The number of nitro groups is 1. The maximum atomic E-state index is 10.3. The summed E-state index contributed by atoms with van der Waals surface area (Å²) in [6.45, 7) is 8.93. The summed E-state index contributed by atoms with van der Waals surface area (Å²) in [4.78, 5) is 12.4. The minimum Gasteiger partial charge on any atom is -0.304 e. The highest BCUT2D eigenvalue weighted by Gasteiger charge is 2.12. The van der Waals surface area contributed by atoms with Crippen molar-refractivity contribution in [1.82, 2.24) is 4.90 Å². The van der Waals surface area contributed by atoms with Gasteiger partial charge in [-0.1, -0.05) is 13.8 Å². The lowest BCUT2D eigenvalue weighted by atomic mass is 10.2. The Morgan fingerprint density at radius 2 is 1.92 bits per heavy atom. The Hall–Kier alpha value is -0.640. The largest absolute Gasteiger partial charge is 0.304 e. The molecule has 0 aliphatic rings. The molecule has 0 saturated heterocycles. The van der Waals surface area contributed by atoms with Gasteiger partial charge >= 0.3 is 0 Å². The van der Waals surface area contributed by atoms with Crippen LogP contribution in [0.25, 0.3) is 0 Å². The van der Waals surface area contributed by atoms with Crippen LogP contribution in [-0.2, 0) is 0 Å². The molecule has 1 unspecified atom stereocenters. The van der Waals surface area contributed by atoms with Crippen LogP contribution in [0.5, 0.6) is 0 Å². The minimum absolute atomic E-state index is 0.206. The molecule has 0 aromatic carbocycles. The van der Waals surface area contributed by atoms with Crippen LogP contribution in [0.4, 0.5) is 0 Å². The second kappa shape index (κ2) is 6.83. The Kier molecular flexibility index (Phi) is 6.49. The van der Waals surface area contributed by atoms with Crippen molar-refractivity contribution in [3.8, 4) is 0 Å². The molecule has 13 heavy (non-hydrogen) atoms. The molecule has 0 radical (unpaired) electrons. The molecule has 0 aliphatic heterocycles. The molecule has 1 atom stereocenters. The second-order valence-electron chi connectivity index (χ2n) is 3.30. The first-order valence-corrected chi connectivity index (χ1v) is 4.97. The summed E-state index contributed by atoms with van der Waals surface area (Å²) in [5, 5.41) is 10.3. The normalized spacial score (nSPS) is 13.2. The number of rotatable bonds is 7. The molecule has 0 rings (SSSR count). The zero-order valence-electron chi connectivity index (χ0n) is 8.82. The Morgan fingerprint density at radius 1 is 1.38 bits per heavy atom. The van der Waals surface area contributed by atoms with Crippen LogP contribution in [0.1, 0.15) is 33.6 Å². The van der Waals surface area contributed by atoms with Crippen LogP contribution < -0.4 is 0 Å². The topological polar surface area (TPSA) is 46.4 Å². The van der Waals surface area contributed by atoms with Crippen LogP contribution >= 0.6 is 0 Å². The fourth-order valence-electron chi connectivity index (χ4n) is 1.26. The van der Waals surface area contributed by atoms with Crippen LogP contribution in [0.3, 0.4) is 0 Å². The summed E-state index contributed by atoms with van der Waals surface area (Å²) in [6.07, 6.45) is 1.60. The van der Waals surface area contributed by atoms with Crippen LogP contribution in [0.15, 0.2) is 0 Å². The Labute approximate surface area is 80.1 Å². The number of hydrogen-bond acceptors (Lipinski definition) is 3. The van der Waals surface area contributed by atoms with E-state index in [1.807, 2.05) is 0 Å². The molecular weight excluding hydrogens is 168 g/mol. The number of hydrogen-bond donors (Lipinski definition) is 0. The van der Waals surface area contributed by atoms with Crippen molar-refractivity contribution < 1.29 is 4.92 Å². The molecule has 0 aromatic heterocycles. The lowest BCUT2D eigenvalue weighted by Crippen LogP contribution is -2.25. The van der Waals surface area contributed by atoms with E-state index in [1.165, 1.54) is 0 Å². The van der Waals surface area contributed by atoms with Gasteiger partial charge in [-0.15, -0.1) is 0 Å². The summed E-state index contributed by atoms with van der Waals surface area (Å²) in [5.74, 6) is 0. The molecule has 0 N–H and O–H groups in total. The monoisotopic (exact) mass is 188 g/mol. The first kappa shape index (κ1) is 12.4. The van der Waals surface area contributed by atoms with Crippen LogP contribution in [0, 0.1) is 10.1 Å². The van der Waals surface area contributed by atoms with Crippen molar-refractivity contribution in [2.75, 3.05) is 19.6 Å². The maximum Gasteiger partial charge on any atom is 0.210 e. The van der Waals surface area contributed by atoms with Crippen molar-refractivity contribution in [3.63, 3.8) is 0 Å². The summed E-state index contributed by atoms with van der Waals surface area (Å²) < 4.78 is 0. The summed E-state index contributed by atoms with van der Waals surface area (Å²) >= 11 is 0. The van der Waals surface area contributed by atoms with E-state index in [1.54, 1.807) is 6.92 Å². The zero-order valence-corrected chi connectivity index (χ0v) is 8.82. The fraction of sp³-hybridized carbons (Fsp3) is 1.00. The van der Waals surface area contributed by atoms with Crippen molar-refractivity contribution in [3.05, 3.63) is 10.1 Å². The summed E-state index contributed by atoms with van der Waals surface area (Å²) in [5.41, 5.74) is 0. The Balaban J connectivity index is 3.48. The molecule has 0 fully saturated rings. The smallest absolute Gasteiger partial charge is 0.210 e. The maximum absolute atomic E-state index is 10.3. The van der Waals surface area contributed by atoms with Gasteiger partial charge < -0.3 is 4.90 Å². The van der Waals surface area contributed by atoms with E-state index in [9.17, 15) is 10.1 Å². The first-order valence-electron chi connectivity index (χ1n) is 4.97. The van der Waals surface area contributed by atoms with Crippen LogP contribution in [0.2, 0.25) is 0 Å². The predicted octanol–water partition coefficient (Wildman–Crippen LogP) is 1.77. The standard InChI is InChI=1S/C9H20N2O2/c1-4-10(5-2)8-6-7-9(3)11(12)13/h9H,4-8H2,1-3H3. The van der Waals surface area contributed by atoms with Gasteiger partial charge in [-0.3, -0.25) is 10.1 Å². The minimum atomic E-state index is -0.393. The van der Waals surface area contributed by atoms with Gasteiger partial charge in [0.2, 0.25) is 6.04 Å². The molecule has 78 valence electrons. The fourth-order valence-corrected chi connectivity index (χ4v) is 1.26. The highest BCUT2D eigenvalue weighted by molar-refractivity contribution is 4.55. The van der Waals surface area contributed by atoms with Gasteiger partial charge in [-0.25, -0.2) is 0 Å². The highest BCUT2D eigenvalue weighted by Crippen LogP contribution is 2.01. The molecule has 4 nitrogen and oxygen atoms in total. The van der Waals surface area contributed by atoms with E-state index >= 15 is 0 Å². The molecule has 0 aliphatic carbocycles. The van der Waals surface area contributed by atoms with Gasteiger partial charge in [0.1, 0.15) is 0 Å². The van der Waals surface area contributed by atoms with Crippen molar-refractivity contribution in [1.29, 1.82) is 0 Å². The number of nitrogens with zero attached hydrogens (tertiary/aromatic N) is 2. The average molecular weight is 188 g/mol. The SMILES string of the molecule is CCN(CC)CCCC(C)[N+](=O)[O-]. The van der Waals surface area contributed by atoms with Crippen molar-refractivity contribution in [2.24, 2.45) is 0 Å². The highest BCUT2D eigenvalue weighted by atomic mass is 16.6. The summed E-state index contributed by atoms with van der Waals surface area (Å²) in [6, 6.07) is -0.393. The third-order valence-corrected chi connectivity index (χ3v) is 2.35. The van der Waals surface area contributed by atoms with E-state index in [-0.39, 0.29) is 4.92 Å². The zero-order chi connectivity index (χ0) is 10.3. The molecular formula is C9H20N2O2. The average Bonchev–Trinajstić information content (AvgIpc) is 2.12. The van der Waals surface area contributed by atoms with Gasteiger partial charge in [0.25, 0.3) is 0 Å². The first-order chi connectivity index (χ1) is 6.11. The summed E-state index contributed by atoms with van der Waals surface area (Å²) in [7, 11) is 0. The van der Waals surface area contributed by atoms with E-state index in [4.69, 9.17) is 0 Å². The molecule has 0 aromatic rings. The van der Waals surface area contributed by atoms with Gasteiger partial charge in [-0.05, 0) is 26.1 Å². The van der Waals surface area contributed by atoms with Gasteiger partial charge in [-0.2, -0.15) is 0 Å².